The lowest BCUT2D eigenvalue weighted by Gasteiger charge is -2.32. The summed E-state index contributed by atoms with van der Waals surface area (Å²) < 4.78 is 0. The predicted molar refractivity (Wildman–Crippen MR) is 44.0 cm³/mol. The molecule has 0 radical (unpaired) electrons. The van der Waals surface area contributed by atoms with Crippen LogP contribution >= 0.6 is 0 Å². The Labute approximate surface area is 63.6 Å². The van der Waals surface area contributed by atoms with Crippen LogP contribution in [0.4, 0.5) is 0 Å². The van der Waals surface area contributed by atoms with Crippen molar-refractivity contribution in [1.82, 2.24) is 5.32 Å². The maximum atomic E-state index is 9.29. The molecule has 0 aliphatic carbocycles. The third kappa shape index (κ3) is 2.67. The largest absolute Gasteiger partial charge is 0.392 e. The first-order chi connectivity index (χ1) is 4.39. The van der Waals surface area contributed by atoms with Gasteiger partial charge in [-0.05, 0) is 19.4 Å². The molecule has 0 aliphatic heterocycles. The van der Waals surface area contributed by atoms with Crippen molar-refractivity contribution < 1.29 is 5.11 Å². The second kappa shape index (κ2) is 3.35. The number of hydrogen-bond donors (Lipinski definition) is 2. The molecular weight excluding hydrogens is 126 g/mol. The highest BCUT2D eigenvalue weighted by Crippen LogP contribution is 2.21. The first-order valence-corrected chi connectivity index (χ1v) is 3.75. The van der Waals surface area contributed by atoms with Crippen LogP contribution in [0.3, 0.4) is 0 Å². The van der Waals surface area contributed by atoms with Crippen molar-refractivity contribution in [3.05, 3.63) is 0 Å². The number of aliphatic hydroxyl groups is 1. The van der Waals surface area contributed by atoms with E-state index in [0.29, 0.717) is 0 Å². The molecule has 2 N–H and O–H groups in total. The average Bonchev–Trinajstić information content (AvgIpc) is 1.60. The number of aliphatic hydroxyl groups excluding tert-OH is 1. The second-order valence-corrected chi connectivity index (χ2v) is 3.87. The number of likely N-dealkylation sites (N-methyl/N-ethyl adjacent to an activating group) is 1. The van der Waals surface area contributed by atoms with Gasteiger partial charge in [-0.15, -0.1) is 0 Å². The Morgan fingerprint density at radius 2 is 1.70 bits per heavy atom. The summed E-state index contributed by atoms with van der Waals surface area (Å²) in [5.74, 6) is 0. The van der Waals surface area contributed by atoms with Gasteiger partial charge >= 0.3 is 0 Å². The van der Waals surface area contributed by atoms with Crippen molar-refractivity contribution in [2.75, 3.05) is 7.05 Å². The smallest absolute Gasteiger partial charge is 0.0670 e. The zero-order valence-electron chi connectivity index (χ0n) is 7.60. The second-order valence-electron chi connectivity index (χ2n) is 3.87. The molecule has 0 fully saturated rings. The Kier molecular flexibility index (Phi) is 3.33. The molecule has 0 heterocycles. The van der Waals surface area contributed by atoms with Crippen molar-refractivity contribution in [3.63, 3.8) is 0 Å². The third-order valence-corrected chi connectivity index (χ3v) is 1.73. The summed E-state index contributed by atoms with van der Waals surface area (Å²) >= 11 is 0. The van der Waals surface area contributed by atoms with E-state index in [1.807, 2.05) is 14.0 Å². The Balaban J connectivity index is 4.07. The summed E-state index contributed by atoms with van der Waals surface area (Å²) in [4.78, 5) is 0. The molecule has 0 spiro atoms. The van der Waals surface area contributed by atoms with Crippen molar-refractivity contribution in [3.8, 4) is 0 Å². The first-order valence-electron chi connectivity index (χ1n) is 3.75. The maximum absolute atomic E-state index is 9.29. The molecular formula is C8H19NO. The van der Waals surface area contributed by atoms with E-state index < -0.39 is 0 Å². The fourth-order valence-electron chi connectivity index (χ4n) is 1.40. The molecule has 0 unspecified atom stereocenters. The van der Waals surface area contributed by atoms with Crippen LogP contribution in [-0.4, -0.2) is 24.3 Å². The van der Waals surface area contributed by atoms with Gasteiger partial charge in [-0.25, -0.2) is 0 Å². The summed E-state index contributed by atoms with van der Waals surface area (Å²) in [6.07, 6.45) is -0.287. The van der Waals surface area contributed by atoms with Crippen molar-refractivity contribution >= 4 is 0 Å². The van der Waals surface area contributed by atoms with E-state index in [0.717, 1.165) is 0 Å². The highest BCUT2D eigenvalue weighted by Gasteiger charge is 2.26. The highest BCUT2D eigenvalue weighted by molar-refractivity contribution is 4.82. The van der Waals surface area contributed by atoms with Crippen LogP contribution in [0, 0.1) is 5.41 Å². The Bertz CT molecular complexity index is 93.9. The summed E-state index contributed by atoms with van der Waals surface area (Å²) in [5.41, 5.74) is 0.128. The minimum atomic E-state index is -0.287. The third-order valence-electron chi connectivity index (χ3n) is 1.73. The number of rotatable bonds is 2. The standard InChI is InChI=1S/C8H19NO/c1-6(10)7(9-5)8(2,3)4/h6-7,9-10H,1-5H3/t6-,7+/m0/s1. The fourth-order valence-corrected chi connectivity index (χ4v) is 1.40. The van der Waals surface area contributed by atoms with Crippen LogP contribution in [0.25, 0.3) is 0 Å². The maximum Gasteiger partial charge on any atom is 0.0670 e. The minimum Gasteiger partial charge on any atom is -0.392 e. The van der Waals surface area contributed by atoms with Gasteiger partial charge < -0.3 is 10.4 Å². The van der Waals surface area contributed by atoms with Gasteiger partial charge in [-0.1, -0.05) is 20.8 Å². The molecule has 62 valence electrons. The normalized spacial score (nSPS) is 18.6. The average molecular weight is 145 g/mol. The summed E-state index contributed by atoms with van der Waals surface area (Å²) in [6.45, 7) is 8.15. The Hall–Kier alpha value is -0.0800. The van der Waals surface area contributed by atoms with E-state index in [2.05, 4.69) is 26.1 Å². The van der Waals surface area contributed by atoms with E-state index in [-0.39, 0.29) is 17.6 Å². The van der Waals surface area contributed by atoms with Crippen LogP contribution in [0.15, 0.2) is 0 Å². The van der Waals surface area contributed by atoms with Gasteiger partial charge in [0.05, 0.1) is 6.10 Å². The van der Waals surface area contributed by atoms with E-state index >= 15 is 0 Å². The molecule has 0 aromatic rings. The topological polar surface area (TPSA) is 32.3 Å². The number of nitrogens with one attached hydrogen (secondary N) is 1. The first kappa shape index (κ1) is 9.92. The lowest BCUT2D eigenvalue weighted by molar-refractivity contribution is 0.0896. The summed E-state index contributed by atoms with van der Waals surface area (Å²) in [5, 5.41) is 12.4. The Morgan fingerprint density at radius 1 is 1.30 bits per heavy atom. The van der Waals surface area contributed by atoms with Crippen molar-refractivity contribution in [1.29, 1.82) is 0 Å². The van der Waals surface area contributed by atoms with Gasteiger partial charge in [0.25, 0.3) is 0 Å². The van der Waals surface area contributed by atoms with Gasteiger partial charge in [0.1, 0.15) is 0 Å². The van der Waals surface area contributed by atoms with E-state index in [1.165, 1.54) is 0 Å². The molecule has 0 bridgehead atoms. The van der Waals surface area contributed by atoms with Crippen LogP contribution in [0.5, 0.6) is 0 Å². The van der Waals surface area contributed by atoms with E-state index in [4.69, 9.17) is 0 Å². The van der Waals surface area contributed by atoms with Crippen molar-refractivity contribution in [2.45, 2.75) is 39.8 Å². The molecule has 10 heavy (non-hydrogen) atoms. The molecule has 2 atom stereocenters. The zero-order chi connectivity index (χ0) is 8.36. The van der Waals surface area contributed by atoms with Gasteiger partial charge in [-0.2, -0.15) is 0 Å². The Morgan fingerprint density at radius 3 is 1.70 bits per heavy atom. The van der Waals surface area contributed by atoms with Gasteiger partial charge in [0.15, 0.2) is 0 Å². The predicted octanol–water partition coefficient (Wildman–Crippen LogP) is 1.00. The molecule has 0 aromatic carbocycles. The quantitative estimate of drug-likeness (QED) is 0.607. The highest BCUT2D eigenvalue weighted by atomic mass is 16.3. The SMILES string of the molecule is CN[C@H]([C@H](C)O)C(C)(C)C. The lowest BCUT2D eigenvalue weighted by Crippen LogP contribution is -2.45. The van der Waals surface area contributed by atoms with Gasteiger partial charge in [-0.3, -0.25) is 0 Å². The van der Waals surface area contributed by atoms with Gasteiger partial charge in [0, 0.05) is 6.04 Å². The molecule has 2 nitrogen and oxygen atoms in total. The van der Waals surface area contributed by atoms with Crippen LogP contribution in [-0.2, 0) is 0 Å². The number of hydrogen-bond acceptors (Lipinski definition) is 2. The molecule has 0 aliphatic rings. The lowest BCUT2D eigenvalue weighted by atomic mass is 9.84. The molecule has 0 saturated heterocycles. The van der Waals surface area contributed by atoms with E-state index in [9.17, 15) is 5.11 Å². The fraction of sp³-hybridized carbons (Fsp3) is 1.00. The zero-order valence-corrected chi connectivity index (χ0v) is 7.60. The minimum absolute atomic E-state index is 0.128. The van der Waals surface area contributed by atoms with Crippen LogP contribution in [0.1, 0.15) is 27.7 Å². The molecule has 2 heteroatoms. The van der Waals surface area contributed by atoms with E-state index in [1.54, 1.807) is 0 Å². The molecule has 0 rings (SSSR count). The summed E-state index contributed by atoms with van der Waals surface area (Å²) in [6, 6.07) is 0.174. The van der Waals surface area contributed by atoms with Gasteiger partial charge in [0.2, 0.25) is 0 Å². The van der Waals surface area contributed by atoms with Crippen molar-refractivity contribution in [2.24, 2.45) is 5.41 Å². The van der Waals surface area contributed by atoms with Crippen LogP contribution in [0.2, 0.25) is 0 Å². The monoisotopic (exact) mass is 145 g/mol. The molecule has 0 amide bonds. The molecule has 0 saturated carbocycles. The summed E-state index contributed by atoms with van der Waals surface area (Å²) in [7, 11) is 1.88. The van der Waals surface area contributed by atoms with Crippen LogP contribution < -0.4 is 5.32 Å². The molecule has 0 aromatic heterocycles.